The first kappa shape index (κ1) is 16.3. The van der Waals surface area contributed by atoms with E-state index in [2.05, 4.69) is 23.6 Å². The molecule has 0 aromatic rings. The zero-order chi connectivity index (χ0) is 14.2. The Morgan fingerprint density at radius 3 is 1.25 bits per heavy atom. The molecular weight excluding hydrogens is 244 g/mol. The molecule has 2 aliphatic carbocycles. The van der Waals surface area contributed by atoms with Crippen LogP contribution in [0.4, 0.5) is 0 Å². The maximum atomic E-state index is 2.77. The Labute approximate surface area is 126 Å². The number of likely N-dealkylation sites (N-methyl/N-ethyl adjacent to an activating group) is 2. The third-order valence-electron chi connectivity index (χ3n) is 5.67. The van der Waals surface area contributed by atoms with Gasteiger partial charge in [-0.1, -0.05) is 52.4 Å². The van der Waals surface area contributed by atoms with E-state index in [1.54, 1.807) is 0 Å². The van der Waals surface area contributed by atoms with Gasteiger partial charge in [-0.15, -0.1) is 0 Å². The molecule has 2 rings (SSSR count). The molecule has 2 aliphatic rings. The number of nitrogens with zero attached hydrogens (tertiary/aromatic N) is 2. The third-order valence-corrected chi connectivity index (χ3v) is 5.67. The van der Waals surface area contributed by atoms with Crippen LogP contribution in [0, 0.1) is 0 Å². The van der Waals surface area contributed by atoms with Crippen molar-refractivity contribution in [1.82, 2.24) is 9.80 Å². The molecule has 0 amide bonds. The lowest BCUT2D eigenvalue weighted by molar-refractivity contribution is 0.109. The average Bonchev–Trinajstić information content (AvgIpc) is 2.53. The molecule has 0 heterocycles. The highest BCUT2D eigenvalue weighted by Crippen LogP contribution is 2.24. The molecule has 0 aliphatic heterocycles. The summed E-state index contributed by atoms with van der Waals surface area (Å²) in [5, 5.41) is 0. The monoisotopic (exact) mass is 280 g/mol. The molecule has 0 bridgehead atoms. The van der Waals surface area contributed by atoms with Gasteiger partial charge < -0.3 is 0 Å². The first-order valence-corrected chi connectivity index (χ1v) is 9.33. The molecule has 2 heteroatoms. The molecule has 0 saturated heterocycles. The lowest BCUT2D eigenvalue weighted by Gasteiger charge is -2.38. The second kappa shape index (κ2) is 9.04. The van der Waals surface area contributed by atoms with Crippen LogP contribution in [-0.4, -0.2) is 48.1 Å². The van der Waals surface area contributed by atoms with Crippen molar-refractivity contribution < 1.29 is 0 Å². The van der Waals surface area contributed by atoms with E-state index < -0.39 is 0 Å². The van der Waals surface area contributed by atoms with E-state index in [1.165, 1.54) is 90.4 Å². The molecule has 118 valence electrons. The van der Waals surface area contributed by atoms with Gasteiger partial charge in [-0.3, -0.25) is 9.80 Å². The zero-order valence-corrected chi connectivity index (χ0v) is 13.9. The van der Waals surface area contributed by atoms with Gasteiger partial charge in [0.05, 0.1) is 0 Å². The highest BCUT2D eigenvalue weighted by molar-refractivity contribution is 4.79. The summed E-state index contributed by atoms with van der Waals surface area (Å²) in [4.78, 5) is 5.54. The molecule has 0 aromatic heterocycles. The summed E-state index contributed by atoms with van der Waals surface area (Å²) in [6.07, 6.45) is 14.6. The number of hydrogen-bond donors (Lipinski definition) is 0. The van der Waals surface area contributed by atoms with Gasteiger partial charge in [0.1, 0.15) is 0 Å². The van der Waals surface area contributed by atoms with Gasteiger partial charge in [-0.25, -0.2) is 0 Å². The molecule has 0 atom stereocenters. The fourth-order valence-electron chi connectivity index (χ4n) is 4.35. The fraction of sp³-hybridized carbons (Fsp3) is 1.00. The minimum Gasteiger partial charge on any atom is -0.299 e. The minimum absolute atomic E-state index is 0.888. The predicted octanol–water partition coefficient (Wildman–Crippen LogP) is 4.30. The van der Waals surface area contributed by atoms with Gasteiger partial charge in [-0.2, -0.15) is 0 Å². The van der Waals surface area contributed by atoms with Crippen molar-refractivity contribution in [3.05, 3.63) is 0 Å². The number of rotatable bonds is 7. The van der Waals surface area contributed by atoms with E-state index in [0.29, 0.717) is 0 Å². The first-order chi connectivity index (χ1) is 9.85. The topological polar surface area (TPSA) is 6.48 Å². The van der Waals surface area contributed by atoms with E-state index >= 15 is 0 Å². The van der Waals surface area contributed by atoms with Crippen LogP contribution in [-0.2, 0) is 0 Å². The van der Waals surface area contributed by atoms with Crippen LogP contribution in [0.2, 0.25) is 0 Å². The highest BCUT2D eigenvalue weighted by atomic mass is 15.2. The van der Waals surface area contributed by atoms with Gasteiger partial charge in [0.25, 0.3) is 0 Å². The van der Waals surface area contributed by atoms with Crippen LogP contribution < -0.4 is 0 Å². The summed E-state index contributed by atoms with van der Waals surface area (Å²) in [6, 6.07) is 1.78. The van der Waals surface area contributed by atoms with Crippen molar-refractivity contribution in [2.45, 2.75) is 90.1 Å². The smallest absolute Gasteiger partial charge is 0.0112 e. The van der Waals surface area contributed by atoms with Crippen LogP contribution in [0.15, 0.2) is 0 Å². The summed E-state index contributed by atoms with van der Waals surface area (Å²) in [6.45, 7) is 9.79. The van der Waals surface area contributed by atoms with E-state index in [-0.39, 0.29) is 0 Å². The van der Waals surface area contributed by atoms with E-state index in [9.17, 15) is 0 Å². The molecule has 0 N–H and O–H groups in total. The quantitative estimate of drug-likeness (QED) is 0.686. The van der Waals surface area contributed by atoms with Crippen molar-refractivity contribution in [1.29, 1.82) is 0 Å². The molecule has 2 saturated carbocycles. The Kier molecular flexibility index (Phi) is 7.37. The molecule has 0 unspecified atom stereocenters. The van der Waals surface area contributed by atoms with Crippen LogP contribution >= 0.6 is 0 Å². The zero-order valence-electron chi connectivity index (χ0n) is 13.9. The van der Waals surface area contributed by atoms with E-state index in [1.807, 2.05) is 0 Å². The SMILES string of the molecule is CCN(CCN(CC)C1CCCCC1)C1CCCCC1. The maximum absolute atomic E-state index is 2.77. The molecule has 0 aromatic carbocycles. The first-order valence-electron chi connectivity index (χ1n) is 9.33. The molecule has 2 nitrogen and oxygen atoms in total. The Hall–Kier alpha value is -0.0800. The van der Waals surface area contributed by atoms with Crippen molar-refractivity contribution in [3.63, 3.8) is 0 Å². The maximum Gasteiger partial charge on any atom is 0.0112 e. The van der Waals surface area contributed by atoms with E-state index in [4.69, 9.17) is 0 Å². The summed E-state index contributed by atoms with van der Waals surface area (Å²) >= 11 is 0. The second-order valence-electron chi connectivity index (χ2n) is 6.84. The summed E-state index contributed by atoms with van der Waals surface area (Å²) in [5.74, 6) is 0. The normalized spacial score (nSPS) is 22.8. The van der Waals surface area contributed by atoms with Crippen molar-refractivity contribution in [3.8, 4) is 0 Å². The molecular formula is C18H36N2. The average molecular weight is 280 g/mol. The van der Waals surface area contributed by atoms with Crippen LogP contribution in [0.25, 0.3) is 0 Å². The Morgan fingerprint density at radius 1 is 0.600 bits per heavy atom. The standard InChI is InChI=1S/C18H36N2/c1-3-19(17-11-7-5-8-12-17)15-16-20(4-2)18-13-9-6-10-14-18/h17-18H,3-16H2,1-2H3. The van der Waals surface area contributed by atoms with Crippen LogP contribution in [0.5, 0.6) is 0 Å². The second-order valence-corrected chi connectivity index (χ2v) is 6.84. The Morgan fingerprint density at radius 2 is 0.950 bits per heavy atom. The van der Waals surface area contributed by atoms with Gasteiger partial charge >= 0.3 is 0 Å². The van der Waals surface area contributed by atoms with Crippen molar-refractivity contribution >= 4 is 0 Å². The molecule has 0 spiro atoms. The van der Waals surface area contributed by atoms with Crippen LogP contribution in [0.3, 0.4) is 0 Å². The van der Waals surface area contributed by atoms with Gasteiger partial charge in [-0.05, 0) is 38.8 Å². The van der Waals surface area contributed by atoms with Gasteiger partial charge in [0.15, 0.2) is 0 Å². The largest absolute Gasteiger partial charge is 0.299 e. The molecule has 0 radical (unpaired) electrons. The highest BCUT2D eigenvalue weighted by Gasteiger charge is 2.23. The third kappa shape index (κ3) is 4.73. The number of hydrogen-bond acceptors (Lipinski definition) is 2. The predicted molar refractivity (Wildman–Crippen MR) is 88.2 cm³/mol. The summed E-state index contributed by atoms with van der Waals surface area (Å²) in [7, 11) is 0. The Balaban J connectivity index is 1.77. The minimum atomic E-state index is 0.888. The molecule has 20 heavy (non-hydrogen) atoms. The fourth-order valence-corrected chi connectivity index (χ4v) is 4.35. The molecule has 2 fully saturated rings. The van der Waals surface area contributed by atoms with Crippen LogP contribution in [0.1, 0.15) is 78.1 Å². The summed E-state index contributed by atoms with van der Waals surface area (Å²) in [5.41, 5.74) is 0. The Bertz CT molecular complexity index is 216. The summed E-state index contributed by atoms with van der Waals surface area (Å²) < 4.78 is 0. The lowest BCUT2D eigenvalue weighted by Crippen LogP contribution is -2.45. The van der Waals surface area contributed by atoms with Crippen molar-refractivity contribution in [2.75, 3.05) is 26.2 Å². The van der Waals surface area contributed by atoms with Gasteiger partial charge in [0, 0.05) is 25.2 Å². The van der Waals surface area contributed by atoms with Crippen molar-refractivity contribution in [2.24, 2.45) is 0 Å². The lowest BCUT2D eigenvalue weighted by atomic mass is 9.93. The van der Waals surface area contributed by atoms with E-state index in [0.717, 1.165) is 12.1 Å². The van der Waals surface area contributed by atoms with Gasteiger partial charge in [0.2, 0.25) is 0 Å².